The van der Waals surface area contributed by atoms with Gasteiger partial charge in [-0.2, -0.15) is 9.30 Å². The van der Waals surface area contributed by atoms with Gasteiger partial charge in [0.2, 0.25) is 10.0 Å². The number of aryl methyl sites for hydroxylation is 1. The maximum Gasteiger partial charge on any atom is 0.279 e. The number of nitrogens with zero attached hydrogens (tertiary/aromatic N) is 3. The molecule has 0 unspecified atom stereocenters. The third-order valence-corrected chi connectivity index (χ3v) is 9.12. The topological polar surface area (TPSA) is 90.2 Å². The molecule has 0 bridgehead atoms. The number of amides is 1. The number of carbonyl (C=O) groups is 1. The summed E-state index contributed by atoms with van der Waals surface area (Å²) < 4.78 is 41.8. The maximum atomic E-state index is 13.0. The van der Waals surface area contributed by atoms with Gasteiger partial charge in [-0.25, -0.2) is 8.42 Å². The summed E-state index contributed by atoms with van der Waals surface area (Å²) in [5.41, 5.74) is 1.28. The van der Waals surface area contributed by atoms with Gasteiger partial charge < -0.3 is 14.0 Å². The quantitative estimate of drug-likeness (QED) is 0.542. The van der Waals surface area contributed by atoms with E-state index in [9.17, 15) is 13.2 Å². The summed E-state index contributed by atoms with van der Waals surface area (Å²) in [5, 5.41) is 0. The van der Waals surface area contributed by atoms with Crippen molar-refractivity contribution in [1.82, 2.24) is 8.87 Å². The Morgan fingerprint density at radius 2 is 1.65 bits per heavy atom. The minimum absolute atomic E-state index is 0.210. The van der Waals surface area contributed by atoms with Gasteiger partial charge in [-0.15, -0.1) is 0 Å². The molecule has 0 radical (unpaired) electrons. The summed E-state index contributed by atoms with van der Waals surface area (Å²) in [6.07, 6.45) is 3.86. The monoisotopic (exact) mass is 501 g/mol. The minimum Gasteiger partial charge on any atom is -0.486 e. The Morgan fingerprint density at radius 3 is 2.29 bits per heavy atom. The molecular formula is C24H27N3O5S2. The highest BCUT2D eigenvalue weighted by molar-refractivity contribution is 7.89. The van der Waals surface area contributed by atoms with E-state index in [4.69, 9.17) is 9.47 Å². The molecule has 1 aromatic heterocycles. The number of benzene rings is 2. The Labute approximate surface area is 202 Å². The van der Waals surface area contributed by atoms with Crippen molar-refractivity contribution < 1.29 is 22.7 Å². The van der Waals surface area contributed by atoms with Crippen molar-refractivity contribution in [3.63, 3.8) is 0 Å². The second-order valence-corrected chi connectivity index (χ2v) is 11.3. The van der Waals surface area contributed by atoms with E-state index >= 15 is 0 Å². The van der Waals surface area contributed by atoms with Crippen LogP contribution >= 0.6 is 11.3 Å². The third-order valence-electron chi connectivity index (χ3n) is 6.16. The fourth-order valence-electron chi connectivity index (χ4n) is 4.35. The molecule has 2 aliphatic heterocycles. The van der Waals surface area contributed by atoms with Gasteiger partial charge in [-0.3, -0.25) is 4.79 Å². The molecule has 1 fully saturated rings. The first-order chi connectivity index (χ1) is 16.5. The molecule has 2 aliphatic rings. The highest BCUT2D eigenvalue weighted by Gasteiger charge is 2.25. The standard InChI is InChI=1S/C24H27N3O5S2/c1-2-27-19-15-20-21(32-14-13-31-20)16-22(19)33-24(27)25-23(28)17-7-9-18(10-8-17)34(29,30)26-11-5-3-4-6-12-26/h7-10,15-16H,2-6,11-14H2,1H3. The first kappa shape index (κ1) is 23.1. The molecule has 2 aromatic carbocycles. The molecule has 180 valence electrons. The normalized spacial score (nSPS) is 17.6. The number of hydrogen-bond donors (Lipinski definition) is 0. The lowest BCUT2D eigenvalue weighted by molar-refractivity contribution is 0.0997. The summed E-state index contributed by atoms with van der Waals surface area (Å²) in [7, 11) is -3.56. The van der Waals surface area contributed by atoms with E-state index in [1.54, 1.807) is 16.4 Å². The van der Waals surface area contributed by atoms with Crippen LogP contribution in [-0.4, -0.2) is 49.5 Å². The van der Waals surface area contributed by atoms with E-state index in [1.807, 2.05) is 23.6 Å². The van der Waals surface area contributed by atoms with Crippen molar-refractivity contribution >= 4 is 37.5 Å². The molecule has 0 atom stereocenters. The molecule has 34 heavy (non-hydrogen) atoms. The number of carbonyl (C=O) groups excluding carboxylic acids is 1. The minimum atomic E-state index is -3.56. The maximum absolute atomic E-state index is 13.0. The van der Waals surface area contributed by atoms with Crippen LogP contribution in [0.2, 0.25) is 0 Å². The highest BCUT2D eigenvalue weighted by Crippen LogP contribution is 2.35. The molecule has 0 N–H and O–H groups in total. The van der Waals surface area contributed by atoms with Crippen LogP contribution in [0.25, 0.3) is 10.2 Å². The lowest BCUT2D eigenvalue weighted by atomic mass is 10.2. The van der Waals surface area contributed by atoms with Gasteiger partial charge >= 0.3 is 0 Å². The zero-order valence-electron chi connectivity index (χ0n) is 19.0. The number of rotatable bonds is 4. The average Bonchev–Trinajstić information content (AvgIpc) is 3.01. The lowest BCUT2D eigenvalue weighted by Crippen LogP contribution is -2.31. The first-order valence-electron chi connectivity index (χ1n) is 11.6. The number of ether oxygens (including phenoxy) is 2. The largest absolute Gasteiger partial charge is 0.486 e. The fraction of sp³-hybridized carbons (Fsp3) is 0.417. The van der Waals surface area contributed by atoms with E-state index in [-0.39, 0.29) is 4.90 Å². The predicted octanol–water partition coefficient (Wildman–Crippen LogP) is 3.80. The molecular weight excluding hydrogens is 474 g/mol. The molecule has 0 aliphatic carbocycles. The summed E-state index contributed by atoms with van der Waals surface area (Å²) in [4.78, 5) is 18.1. The lowest BCUT2D eigenvalue weighted by Gasteiger charge is -2.19. The number of fused-ring (bicyclic) bond motifs is 2. The summed E-state index contributed by atoms with van der Waals surface area (Å²) in [5.74, 6) is 0.977. The number of hydrogen-bond acceptors (Lipinski definition) is 6. The molecule has 1 amide bonds. The summed E-state index contributed by atoms with van der Waals surface area (Å²) in [6, 6.07) is 9.94. The molecule has 10 heteroatoms. The molecule has 8 nitrogen and oxygen atoms in total. The second kappa shape index (κ2) is 9.52. The van der Waals surface area contributed by atoms with Gasteiger partial charge in [0, 0.05) is 37.3 Å². The Kier molecular flexibility index (Phi) is 6.46. The number of sulfonamides is 1. The molecule has 0 spiro atoms. The van der Waals surface area contributed by atoms with E-state index in [0.717, 1.165) is 35.9 Å². The van der Waals surface area contributed by atoms with Crippen molar-refractivity contribution in [3.8, 4) is 11.5 Å². The van der Waals surface area contributed by atoms with Crippen molar-refractivity contribution in [3.05, 3.63) is 46.8 Å². The Balaban J connectivity index is 1.44. The van der Waals surface area contributed by atoms with Crippen LogP contribution in [0.3, 0.4) is 0 Å². The van der Waals surface area contributed by atoms with Crippen molar-refractivity contribution in [2.24, 2.45) is 4.99 Å². The first-order valence-corrected chi connectivity index (χ1v) is 13.9. The second-order valence-electron chi connectivity index (χ2n) is 8.35. The average molecular weight is 502 g/mol. The van der Waals surface area contributed by atoms with Crippen LogP contribution < -0.4 is 14.3 Å². The SMILES string of the molecule is CCn1c(=NC(=O)c2ccc(S(=O)(=O)N3CCCCCC3)cc2)sc2cc3c(cc21)OCCO3. The molecule has 0 saturated carbocycles. The summed E-state index contributed by atoms with van der Waals surface area (Å²) >= 11 is 1.41. The molecule has 3 aromatic rings. The van der Waals surface area contributed by atoms with Gasteiger partial charge in [0.25, 0.3) is 5.91 Å². The van der Waals surface area contributed by atoms with Crippen LogP contribution in [0.1, 0.15) is 43.0 Å². The Bertz CT molecular complexity index is 1380. The van der Waals surface area contributed by atoms with Gasteiger partial charge in [0.1, 0.15) is 13.2 Å². The highest BCUT2D eigenvalue weighted by atomic mass is 32.2. The van der Waals surface area contributed by atoms with Crippen LogP contribution in [0, 0.1) is 0 Å². The van der Waals surface area contributed by atoms with Crippen molar-refractivity contribution in [2.75, 3.05) is 26.3 Å². The van der Waals surface area contributed by atoms with E-state index < -0.39 is 15.9 Å². The van der Waals surface area contributed by atoms with Crippen LogP contribution in [0.4, 0.5) is 0 Å². The van der Waals surface area contributed by atoms with Gasteiger partial charge in [0.15, 0.2) is 16.3 Å². The van der Waals surface area contributed by atoms with Crippen molar-refractivity contribution in [1.29, 1.82) is 0 Å². The molecule has 5 rings (SSSR count). The van der Waals surface area contributed by atoms with Gasteiger partial charge in [0.05, 0.1) is 15.1 Å². The molecule has 3 heterocycles. The Morgan fingerprint density at radius 1 is 1.00 bits per heavy atom. The smallest absolute Gasteiger partial charge is 0.279 e. The zero-order valence-corrected chi connectivity index (χ0v) is 20.7. The van der Waals surface area contributed by atoms with E-state index in [2.05, 4.69) is 4.99 Å². The van der Waals surface area contributed by atoms with E-state index in [1.165, 1.54) is 23.5 Å². The van der Waals surface area contributed by atoms with Gasteiger partial charge in [-0.05, 0) is 44.0 Å². The van der Waals surface area contributed by atoms with Crippen molar-refractivity contribution in [2.45, 2.75) is 44.0 Å². The fourth-order valence-corrected chi connectivity index (χ4v) is 6.97. The third kappa shape index (κ3) is 4.37. The zero-order chi connectivity index (χ0) is 23.7. The number of thiazole rings is 1. The summed E-state index contributed by atoms with van der Waals surface area (Å²) in [6.45, 7) is 4.74. The molecule has 1 saturated heterocycles. The van der Waals surface area contributed by atoms with Gasteiger partial charge in [-0.1, -0.05) is 24.2 Å². The Hall–Kier alpha value is -2.69. The van der Waals surface area contributed by atoms with Crippen LogP contribution in [0.15, 0.2) is 46.3 Å². The van der Waals surface area contributed by atoms with Crippen LogP contribution in [0.5, 0.6) is 11.5 Å². The van der Waals surface area contributed by atoms with E-state index in [0.29, 0.717) is 54.7 Å². The number of aromatic nitrogens is 1. The van der Waals surface area contributed by atoms with Crippen LogP contribution in [-0.2, 0) is 16.6 Å². The predicted molar refractivity (Wildman–Crippen MR) is 130 cm³/mol.